The standard InChI is InChI=1S/C7H12N2O2S2/c10-13(11)4-6(5-13)9-7-8-2-1-3-12-7/h6H,1-5H2,(H,8,9). The monoisotopic (exact) mass is 220 g/mol. The van der Waals surface area contributed by atoms with E-state index in [0.717, 1.165) is 23.9 Å². The Morgan fingerprint density at radius 1 is 1.46 bits per heavy atom. The van der Waals surface area contributed by atoms with Crippen LogP contribution in [0, 0.1) is 0 Å². The lowest BCUT2D eigenvalue weighted by Crippen LogP contribution is -2.52. The quantitative estimate of drug-likeness (QED) is 0.668. The minimum Gasteiger partial charge on any atom is -0.360 e. The zero-order chi connectivity index (χ0) is 9.31. The van der Waals surface area contributed by atoms with Gasteiger partial charge in [0.25, 0.3) is 0 Å². The Balaban J connectivity index is 1.83. The van der Waals surface area contributed by atoms with Crippen molar-refractivity contribution in [1.29, 1.82) is 0 Å². The van der Waals surface area contributed by atoms with Crippen LogP contribution in [0.2, 0.25) is 0 Å². The molecule has 6 heteroatoms. The van der Waals surface area contributed by atoms with Gasteiger partial charge in [0, 0.05) is 12.3 Å². The molecule has 0 saturated carbocycles. The number of amidine groups is 1. The van der Waals surface area contributed by atoms with E-state index >= 15 is 0 Å². The molecule has 13 heavy (non-hydrogen) atoms. The fraction of sp³-hybridized carbons (Fsp3) is 0.857. The van der Waals surface area contributed by atoms with Gasteiger partial charge in [-0.3, -0.25) is 4.99 Å². The SMILES string of the molecule is O=S1(=O)CC(NC2=NCCCS2)C1. The molecule has 0 bridgehead atoms. The third kappa shape index (κ3) is 2.37. The molecule has 2 aliphatic rings. The summed E-state index contributed by atoms with van der Waals surface area (Å²) in [6.07, 6.45) is 1.12. The molecule has 4 nitrogen and oxygen atoms in total. The van der Waals surface area contributed by atoms with E-state index in [1.807, 2.05) is 0 Å². The van der Waals surface area contributed by atoms with Crippen LogP contribution in [-0.4, -0.2) is 43.4 Å². The number of sulfone groups is 1. The Hall–Kier alpha value is -0.230. The summed E-state index contributed by atoms with van der Waals surface area (Å²) in [7, 11) is -2.71. The van der Waals surface area contributed by atoms with E-state index in [-0.39, 0.29) is 17.5 Å². The molecular formula is C7H12N2O2S2. The molecule has 0 unspecified atom stereocenters. The molecule has 1 fully saturated rings. The van der Waals surface area contributed by atoms with E-state index in [2.05, 4.69) is 10.3 Å². The highest BCUT2D eigenvalue weighted by molar-refractivity contribution is 8.13. The van der Waals surface area contributed by atoms with E-state index in [9.17, 15) is 8.42 Å². The third-order valence-electron chi connectivity index (χ3n) is 2.03. The highest BCUT2D eigenvalue weighted by Gasteiger charge is 2.33. The lowest BCUT2D eigenvalue weighted by Gasteiger charge is -2.28. The third-order valence-corrected chi connectivity index (χ3v) is 4.87. The first-order chi connectivity index (χ1) is 6.16. The number of nitrogens with zero attached hydrogens (tertiary/aromatic N) is 1. The van der Waals surface area contributed by atoms with E-state index in [0.29, 0.717) is 0 Å². The first-order valence-electron chi connectivity index (χ1n) is 4.30. The smallest absolute Gasteiger partial charge is 0.156 e. The second-order valence-corrected chi connectivity index (χ2v) is 6.54. The van der Waals surface area contributed by atoms with E-state index < -0.39 is 9.84 Å². The van der Waals surface area contributed by atoms with Gasteiger partial charge in [0.1, 0.15) is 0 Å². The molecule has 1 saturated heterocycles. The summed E-state index contributed by atoms with van der Waals surface area (Å²) in [5.41, 5.74) is 0. The summed E-state index contributed by atoms with van der Waals surface area (Å²) < 4.78 is 21.7. The molecule has 2 rings (SSSR count). The first kappa shape index (κ1) is 9.33. The Bertz CT molecular complexity index is 311. The molecule has 2 heterocycles. The average molecular weight is 220 g/mol. The maximum Gasteiger partial charge on any atom is 0.156 e. The van der Waals surface area contributed by atoms with E-state index in [1.165, 1.54) is 0 Å². The van der Waals surface area contributed by atoms with Crippen molar-refractivity contribution in [2.75, 3.05) is 23.8 Å². The van der Waals surface area contributed by atoms with Gasteiger partial charge in [0.05, 0.1) is 17.5 Å². The molecule has 0 spiro atoms. The van der Waals surface area contributed by atoms with Gasteiger partial charge in [-0.15, -0.1) is 0 Å². The lowest BCUT2D eigenvalue weighted by molar-refractivity contribution is 0.551. The Morgan fingerprint density at radius 3 is 2.77 bits per heavy atom. The molecule has 0 aromatic rings. The number of hydrogen-bond donors (Lipinski definition) is 1. The number of rotatable bonds is 1. The van der Waals surface area contributed by atoms with Crippen LogP contribution in [0.1, 0.15) is 6.42 Å². The Kier molecular flexibility index (Phi) is 2.51. The highest BCUT2D eigenvalue weighted by Crippen LogP contribution is 2.15. The van der Waals surface area contributed by atoms with Crippen LogP contribution in [-0.2, 0) is 9.84 Å². The summed E-state index contributed by atoms with van der Waals surface area (Å²) in [5.74, 6) is 1.63. The summed E-state index contributed by atoms with van der Waals surface area (Å²) in [4.78, 5) is 4.27. The van der Waals surface area contributed by atoms with Crippen LogP contribution in [0.3, 0.4) is 0 Å². The summed E-state index contributed by atoms with van der Waals surface area (Å²) in [6.45, 7) is 0.870. The number of nitrogens with one attached hydrogen (secondary N) is 1. The van der Waals surface area contributed by atoms with Gasteiger partial charge in [0.15, 0.2) is 15.0 Å². The van der Waals surface area contributed by atoms with Gasteiger partial charge in [0.2, 0.25) is 0 Å². The van der Waals surface area contributed by atoms with Crippen molar-refractivity contribution in [1.82, 2.24) is 5.32 Å². The molecule has 0 atom stereocenters. The van der Waals surface area contributed by atoms with Crippen LogP contribution in [0.4, 0.5) is 0 Å². The van der Waals surface area contributed by atoms with Gasteiger partial charge >= 0.3 is 0 Å². The predicted octanol–water partition coefficient (Wildman–Crippen LogP) is -0.134. The van der Waals surface area contributed by atoms with Gasteiger partial charge in [-0.1, -0.05) is 11.8 Å². The van der Waals surface area contributed by atoms with Gasteiger partial charge < -0.3 is 5.32 Å². The maximum atomic E-state index is 10.9. The molecule has 1 N–H and O–H groups in total. The molecule has 2 aliphatic heterocycles. The zero-order valence-corrected chi connectivity index (χ0v) is 8.83. The molecule has 0 aliphatic carbocycles. The fourth-order valence-electron chi connectivity index (χ4n) is 1.37. The van der Waals surface area contributed by atoms with Crippen molar-refractivity contribution in [3.8, 4) is 0 Å². The van der Waals surface area contributed by atoms with E-state index in [4.69, 9.17) is 0 Å². The van der Waals surface area contributed by atoms with E-state index in [1.54, 1.807) is 11.8 Å². The summed E-state index contributed by atoms with van der Waals surface area (Å²) in [6, 6.07) is 0.106. The first-order valence-corrected chi connectivity index (χ1v) is 7.11. The highest BCUT2D eigenvalue weighted by atomic mass is 32.2. The van der Waals surface area contributed by atoms with Crippen molar-refractivity contribution >= 4 is 26.8 Å². The summed E-state index contributed by atoms with van der Waals surface area (Å²) >= 11 is 1.68. The zero-order valence-electron chi connectivity index (χ0n) is 7.19. The number of aliphatic imine (C=N–C) groups is 1. The Labute approximate surface area is 82.1 Å². The van der Waals surface area contributed by atoms with Gasteiger partial charge in [-0.05, 0) is 6.42 Å². The maximum absolute atomic E-state index is 10.9. The van der Waals surface area contributed by atoms with Crippen molar-refractivity contribution in [3.05, 3.63) is 0 Å². The second kappa shape index (κ2) is 3.49. The molecule has 74 valence electrons. The van der Waals surface area contributed by atoms with Crippen molar-refractivity contribution in [2.45, 2.75) is 12.5 Å². The minimum absolute atomic E-state index is 0.106. The minimum atomic E-state index is -2.71. The van der Waals surface area contributed by atoms with Crippen LogP contribution in [0.5, 0.6) is 0 Å². The average Bonchev–Trinajstić information content (AvgIpc) is 2.03. The normalized spacial score (nSPS) is 27.5. The van der Waals surface area contributed by atoms with Crippen molar-refractivity contribution in [2.24, 2.45) is 4.99 Å². The van der Waals surface area contributed by atoms with Crippen LogP contribution < -0.4 is 5.32 Å². The van der Waals surface area contributed by atoms with Crippen molar-refractivity contribution < 1.29 is 8.42 Å². The molecule has 0 aromatic heterocycles. The summed E-state index contributed by atoms with van der Waals surface area (Å²) in [5, 5.41) is 4.07. The fourth-order valence-corrected chi connectivity index (χ4v) is 3.56. The van der Waals surface area contributed by atoms with Gasteiger partial charge in [-0.2, -0.15) is 0 Å². The molecule has 0 amide bonds. The topological polar surface area (TPSA) is 58.5 Å². The van der Waals surface area contributed by atoms with Crippen LogP contribution in [0.15, 0.2) is 4.99 Å². The largest absolute Gasteiger partial charge is 0.360 e. The lowest BCUT2D eigenvalue weighted by atomic mass is 10.4. The Morgan fingerprint density at radius 2 is 2.23 bits per heavy atom. The van der Waals surface area contributed by atoms with Crippen LogP contribution >= 0.6 is 11.8 Å². The number of hydrogen-bond acceptors (Lipinski definition) is 5. The van der Waals surface area contributed by atoms with Crippen molar-refractivity contribution in [3.63, 3.8) is 0 Å². The molecular weight excluding hydrogens is 208 g/mol. The second-order valence-electron chi connectivity index (χ2n) is 3.31. The van der Waals surface area contributed by atoms with Crippen LogP contribution in [0.25, 0.3) is 0 Å². The predicted molar refractivity (Wildman–Crippen MR) is 55.0 cm³/mol. The van der Waals surface area contributed by atoms with Gasteiger partial charge in [-0.25, -0.2) is 8.42 Å². The number of thioether (sulfide) groups is 1. The molecule has 0 radical (unpaired) electrons. The molecule has 0 aromatic carbocycles.